The molecule has 0 amide bonds. The van der Waals surface area contributed by atoms with Crippen molar-refractivity contribution < 1.29 is 0 Å². The summed E-state index contributed by atoms with van der Waals surface area (Å²) >= 11 is 0. The van der Waals surface area contributed by atoms with E-state index in [1.165, 1.54) is 35.9 Å². The minimum Gasteiger partial charge on any atom is -0.326 e. The number of nitrogens with zero attached hydrogens (tertiary/aromatic N) is 1. The second kappa shape index (κ2) is 3.35. The van der Waals surface area contributed by atoms with E-state index in [-0.39, 0.29) is 0 Å². The Hall–Kier alpha value is -1.35. The molecule has 0 unspecified atom stereocenters. The Bertz CT molecular complexity index is 483. The SMILES string of the molecule is NCc1ccc2n[nH]c(C3CCC3)c2c1. The van der Waals surface area contributed by atoms with Crippen LogP contribution < -0.4 is 5.73 Å². The van der Waals surface area contributed by atoms with Crippen molar-refractivity contribution in [1.29, 1.82) is 0 Å². The van der Waals surface area contributed by atoms with Crippen LogP contribution in [0.4, 0.5) is 0 Å². The van der Waals surface area contributed by atoms with Gasteiger partial charge in [-0.3, -0.25) is 5.10 Å². The lowest BCUT2D eigenvalue weighted by Gasteiger charge is -2.24. The molecule has 0 saturated heterocycles. The molecule has 3 N–H and O–H groups in total. The second-order valence-electron chi connectivity index (χ2n) is 4.32. The molecular formula is C12H15N3. The number of aromatic nitrogens is 2. The molecular weight excluding hydrogens is 186 g/mol. The third-order valence-electron chi connectivity index (χ3n) is 3.40. The van der Waals surface area contributed by atoms with Gasteiger partial charge >= 0.3 is 0 Å². The van der Waals surface area contributed by atoms with E-state index >= 15 is 0 Å². The first kappa shape index (κ1) is 8.92. The first-order valence-corrected chi connectivity index (χ1v) is 5.55. The molecule has 1 heterocycles. The highest BCUT2D eigenvalue weighted by Gasteiger charge is 2.23. The van der Waals surface area contributed by atoms with Crippen molar-refractivity contribution in [3.8, 4) is 0 Å². The van der Waals surface area contributed by atoms with E-state index in [9.17, 15) is 0 Å². The molecule has 1 aromatic carbocycles. The zero-order valence-electron chi connectivity index (χ0n) is 8.66. The molecule has 0 radical (unpaired) electrons. The first-order chi connectivity index (χ1) is 7.38. The third kappa shape index (κ3) is 1.35. The van der Waals surface area contributed by atoms with E-state index in [4.69, 9.17) is 5.73 Å². The summed E-state index contributed by atoms with van der Waals surface area (Å²) in [5, 5.41) is 8.77. The zero-order valence-corrected chi connectivity index (χ0v) is 8.66. The van der Waals surface area contributed by atoms with Gasteiger partial charge in [-0.15, -0.1) is 0 Å². The molecule has 0 aliphatic heterocycles. The summed E-state index contributed by atoms with van der Waals surface area (Å²) in [7, 11) is 0. The smallest absolute Gasteiger partial charge is 0.0924 e. The second-order valence-corrected chi connectivity index (χ2v) is 4.32. The van der Waals surface area contributed by atoms with Crippen LogP contribution in [0.25, 0.3) is 10.9 Å². The largest absolute Gasteiger partial charge is 0.326 e. The van der Waals surface area contributed by atoms with Gasteiger partial charge in [0.25, 0.3) is 0 Å². The average molecular weight is 201 g/mol. The van der Waals surface area contributed by atoms with Crippen molar-refractivity contribution >= 4 is 10.9 Å². The van der Waals surface area contributed by atoms with Gasteiger partial charge in [0.1, 0.15) is 0 Å². The normalized spacial score (nSPS) is 16.9. The van der Waals surface area contributed by atoms with E-state index in [2.05, 4.69) is 22.3 Å². The number of rotatable bonds is 2. The predicted molar refractivity (Wildman–Crippen MR) is 60.6 cm³/mol. The van der Waals surface area contributed by atoms with Gasteiger partial charge in [-0.1, -0.05) is 12.5 Å². The standard InChI is InChI=1S/C12H15N3/c13-7-8-4-5-11-10(6-8)12(15-14-11)9-2-1-3-9/h4-6,9H,1-3,7,13H2,(H,14,15). The quantitative estimate of drug-likeness (QED) is 0.783. The summed E-state index contributed by atoms with van der Waals surface area (Å²) in [6.07, 6.45) is 3.94. The molecule has 2 aromatic rings. The van der Waals surface area contributed by atoms with Crippen LogP contribution in [0.1, 0.15) is 36.4 Å². The molecule has 1 fully saturated rings. The van der Waals surface area contributed by atoms with E-state index in [1.54, 1.807) is 0 Å². The Morgan fingerprint density at radius 2 is 2.27 bits per heavy atom. The number of hydrogen-bond donors (Lipinski definition) is 2. The molecule has 1 saturated carbocycles. The molecule has 0 spiro atoms. The number of benzene rings is 1. The third-order valence-corrected chi connectivity index (χ3v) is 3.40. The Kier molecular flexibility index (Phi) is 1.99. The van der Waals surface area contributed by atoms with Gasteiger partial charge in [-0.2, -0.15) is 5.10 Å². The molecule has 3 heteroatoms. The number of H-pyrrole nitrogens is 1. The van der Waals surface area contributed by atoms with Gasteiger partial charge in [0, 0.05) is 23.5 Å². The van der Waals surface area contributed by atoms with E-state index in [0.717, 1.165) is 5.52 Å². The van der Waals surface area contributed by atoms with Crippen LogP contribution in [-0.2, 0) is 6.54 Å². The van der Waals surface area contributed by atoms with Gasteiger partial charge in [0.2, 0.25) is 0 Å². The van der Waals surface area contributed by atoms with Crippen LogP contribution in [-0.4, -0.2) is 10.2 Å². The van der Waals surface area contributed by atoms with E-state index < -0.39 is 0 Å². The fourth-order valence-corrected chi connectivity index (χ4v) is 2.21. The minimum absolute atomic E-state index is 0.602. The van der Waals surface area contributed by atoms with Crippen LogP contribution in [0.2, 0.25) is 0 Å². The summed E-state index contributed by atoms with van der Waals surface area (Å²) in [5.41, 5.74) is 9.21. The average Bonchev–Trinajstić information content (AvgIpc) is 2.59. The van der Waals surface area contributed by atoms with Crippen molar-refractivity contribution in [3.05, 3.63) is 29.5 Å². The highest BCUT2D eigenvalue weighted by atomic mass is 15.1. The van der Waals surface area contributed by atoms with Gasteiger partial charge in [0.05, 0.1) is 5.52 Å². The van der Waals surface area contributed by atoms with Crippen molar-refractivity contribution in [2.24, 2.45) is 5.73 Å². The van der Waals surface area contributed by atoms with Crippen LogP contribution in [0, 0.1) is 0 Å². The van der Waals surface area contributed by atoms with Crippen molar-refractivity contribution in [2.75, 3.05) is 0 Å². The van der Waals surface area contributed by atoms with Crippen LogP contribution in [0.15, 0.2) is 18.2 Å². The fraction of sp³-hybridized carbons (Fsp3) is 0.417. The summed E-state index contributed by atoms with van der Waals surface area (Å²) in [6, 6.07) is 6.27. The lowest BCUT2D eigenvalue weighted by molar-refractivity contribution is 0.413. The first-order valence-electron chi connectivity index (χ1n) is 5.55. The fourth-order valence-electron chi connectivity index (χ4n) is 2.21. The number of nitrogens with two attached hydrogens (primary N) is 1. The lowest BCUT2D eigenvalue weighted by atomic mass is 9.82. The van der Waals surface area contributed by atoms with Gasteiger partial charge in [-0.25, -0.2) is 0 Å². The molecule has 78 valence electrons. The van der Waals surface area contributed by atoms with Crippen LogP contribution >= 0.6 is 0 Å². The van der Waals surface area contributed by atoms with Gasteiger partial charge in [0.15, 0.2) is 0 Å². The topological polar surface area (TPSA) is 54.7 Å². The maximum Gasteiger partial charge on any atom is 0.0924 e. The molecule has 1 aliphatic carbocycles. The lowest BCUT2D eigenvalue weighted by Crippen LogP contribution is -2.09. The predicted octanol–water partition coefficient (Wildman–Crippen LogP) is 2.29. The monoisotopic (exact) mass is 201 g/mol. The van der Waals surface area contributed by atoms with Gasteiger partial charge in [-0.05, 0) is 30.5 Å². The molecule has 15 heavy (non-hydrogen) atoms. The minimum atomic E-state index is 0.602. The van der Waals surface area contributed by atoms with E-state index in [1.807, 2.05) is 6.07 Å². The Morgan fingerprint density at radius 3 is 2.93 bits per heavy atom. The highest BCUT2D eigenvalue weighted by molar-refractivity contribution is 5.82. The Balaban J connectivity index is 2.13. The highest BCUT2D eigenvalue weighted by Crippen LogP contribution is 2.38. The van der Waals surface area contributed by atoms with Crippen molar-refractivity contribution in [2.45, 2.75) is 31.7 Å². The van der Waals surface area contributed by atoms with Crippen LogP contribution in [0.5, 0.6) is 0 Å². The Morgan fingerprint density at radius 1 is 1.40 bits per heavy atom. The summed E-state index contributed by atoms with van der Waals surface area (Å²) < 4.78 is 0. The maximum absolute atomic E-state index is 5.65. The number of fused-ring (bicyclic) bond motifs is 1. The summed E-state index contributed by atoms with van der Waals surface area (Å²) in [5.74, 6) is 0.697. The molecule has 1 aliphatic rings. The van der Waals surface area contributed by atoms with Crippen molar-refractivity contribution in [1.82, 2.24) is 10.2 Å². The Labute approximate surface area is 88.7 Å². The molecule has 0 atom stereocenters. The summed E-state index contributed by atoms with van der Waals surface area (Å²) in [6.45, 7) is 0.602. The summed E-state index contributed by atoms with van der Waals surface area (Å²) in [4.78, 5) is 0. The molecule has 3 rings (SSSR count). The molecule has 1 aromatic heterocycles. The zero-order chi connectivity index (χ0) is 10.3. The van der Waals surface area contributed by atoms with E-state index in [0.29, 0.717) is 12.5 Å². The van der Waals surface area contributed by atoms with Crippen molar-refractivity contribution in [3.63, 3.8) is 0 Å². The molecule has 3 nitrogen and oxygen atoms in total. The number of aromatic amines is 1. The number of hydrogen-bond acceptors (Lipinski definition) is 2. The van der Waals surface area contributed by atoms with Gasteiger partial charge < -0.3 is 5.73 Å². The molecule has 0 bridgehead atoms. The van der Waals surface area contributed by atoms with Crippen LogP contribution in [0.3, 0.4) is 0 Å². The number of nitrogens with one attached hydrogen (secondary N) is 1. The maximum atomic E-state index is 5.65.